The molecule has 0 fully saturated rings. The van der Waals surface area contributed by atoms with Crippen LogP contribution in [0.5, 0.6) is 0 Å². The molecule has 0 aromatic carbocycles. The SMILES string of the molecule is CC[Si](CC)(CC)c1cc(Br)nc([C@](CF)(CS2(=O)=NCCC[C@@]2(C)C#N)N[S+]([O-])C(C)(C)C)c1F. The van der Waals surface area contributed by atoms with Crippen LogP contribution >= 0.6 is 15.9 Å². The zero-order chi connectivity index (χ0) is 27.6. The molecule has 12 heteroatoms. The van der Waals surface area contributed by atoms with Crippen LogP contribution in [0.4, 0.5) is 8.78 Å². The van der Waals surface area contributed by atoms with Gasteiger partial charge < -0.3 is 4.55 Å². The molecule has 1 N–H and O–H groups in total. The molecule has 0 spiro atoms. The third-order valence-electron chi connectivity index (χ3n) is 7.55. The summed E-state index contributed by atoms with van der Waals surface area (Å²) in [7, 11) is -5.66. The highest BCUT2D eigenvalue weighted by Crippen LogP contribution is 2.37. The number of nitriles is 1. The molecular weight excluding hydrogens is 586 g/mol. The maximum Gasteiger partial charge on any atom is 0.149 e. The number of alkyl halides is 1. The summed E-state index contributed by atoms with van der Waals surface area (Å²) >= 11 is 1.55. The molecule has 1 aromatic heterocycles. The molecule has 2 heterocycles. The average Bonchev–Trinajstić information content (AvgIpc) is 2.83. The maximum atomic E-state index is 16.5. The van der Waals surface area contributed by atoms with Crippen molar-refractivity contribution in [3.63, 3.8) is 0 Å². The summed E-state index contributed by atoms with van der Waals surface area (Å²) in [5, 5.41) is 10.4. The van der Waals surface area contributed by atoms with E-state index in [0.717, 1.165) is 18.1 Å². The summed E-state index contributed by atoms with van der Waals surface area (Å²) in [6, 6.07) is 6.17. The first-order valence-electron chi connectivity index (χ1n) is 12.4. The molecule has 4 atom stereocenters. The fourth-order valence-electron chi connectivity index (χ4n) is 4.72. The number of rotatable bonds is 10. The van der Waals surface area contributed by atoms with Gasteiger partial charge in [0, 0.05) is 17.9 Å². The minimum atomic E-state index is -3.37. The first-order chi connectivity index (χ1) is 16.6. The van der Waals surface area contributed by atoms with Gasteiger partial charge in [-0.15, -0.1) is 4.72 Å². The Kier molecular flexibility index (Phi) is 10.2. The van der Waals surface area contributed by atoms with E-state index in [0.29, 0.717) is 22.6 Å². The predicted octanol–water partition coefficient (Wildman–Crippen LogP) is 5.46. The number of pyridine rings is 1. The molecule has 6 nitrogen and oxygen atoms in total. The van der Waals surface area contributed by atoms with Crippen LogP contribution in [0.3, 0.4) is 0 Å². The molecule has 204 valence electrons. The van der Waals surface area contributed by atoms with E-state index in [1.54, 1.807) is 33.8 Å². The summed E-state index contributed by atoms with van der Waals surface area (Å²) in [6.07, 6.45) is 0.907. The first-order valence-corrected chi connectivity index (χ1v) is 18.6. The fourth-order valence-corrected chi connectivity index (χ4v) is 12.7. The van der Waals surface area contributed by atoms with E-state index >= 15 is 8.78 Å². The molecule has 0 saturated carbocycles. The van der Waals surface area contributed by atoms with Crippen LogP contribution < -0.4 is 9.91 Å². The van der Waals surface area contributed by atoms with Gasteiger partial charge in [0.2, 0.25) is 0 Å². The molecule has 2 unspecified atom stereocenters. The summed E-state index contributed by atoms with van der Waals surface area (Å²) in [5.41, 5.74) is -2.27. The largest absolute Gasteiger partial charge is 0.598 e. The lowest BCUT2D eigenvalue weighted by molar-refractivity contribution is 0.292. The van der Waals surface area contributed by atoms with Gasteiger partial charge in [-0.05, 0) is 67.7 Å². The third kappa shape index (κ3) is 5.86. The molecule has 0 amide bonds. The smallest absolute Gasteiger partial charge is 0.149 e. The minimum absolute atomic E-state index is 0.261. The Balaban J connectivity index is 2.92. The van der Waals surface area contributed by atoms with E-state index in [2.05, 4.69) is 36.1 Å². The van der Waals surface area contributed by atoms with Gasteiger partial charge in [-0.3, -0.25) is 0 Å². The lowest BCUT2D eigenvalue weighted by Crippen LogP contribution is -2.60. The third-order valence-corrected chi connectivity index (χ3v) is 18.4. The molecule has 0 saturated heterocycles. The second kappa shape index (κ2) is 11.7. The number of hydrogen-bond acceptors (Lipinski definition) is 6. The van der Waals surface area contributed by atoms with Crippen molar-refractivity contribution in [3.8, 4) is 6.07 Å². The van der Waals surface area contributed by atoms with Crippen LogP contribution in [-0.2, 0) is 26.6 Å². The van der Waals surface area contributed by atoms with Crippen molar-refractivity contribution in [2.75, 3.05) is 19.0 Å². The minimum Gasteiger partial charge on any atom is -0.598 e. The molecule has 1 aromatic rings. The van der Waals surface area contributed by atoms with Gasteiger partial charge in [-0.2, -0.15) is 5.26 Å². The van der Waals surface area contributed by atoms with Gasteiger partial charge in [-0.1, -0.05) is 38.9 Å². The molecule has 0 aliphatic carbocycles. The molecular formula is C24H39BrF2N4O2S2Si. The van der Waals surface area contributed by atoms with E-state index in [1.165, 1.54) is 0 Å². The first kappa shape index (κ1) is 31.6. The van der Waals surface area contributed by atoms with Crippen molar-refractivity contribution < 1.29 is 17.5 Å². The van der Waals surface area contributed by atoms with Gasteiger partial charge in [-0.25, -0.2) is 22.3 Å². The summed E-state index contributed by atoms with van der Waals surface area (Å²) in [4.78, 5) is 4.38. The average molecular weight is 626 g/mol. The molecule has 2 rings (SSSR count). The molecule has 1 aliphatic heterocycles. The number of aromatic nitrogens is 1. The normalized spacial score (nSPS) is 25.5. The standard InChI is InChI=1S/C24H39BrF2N4O2S2Si/c1-8-36(9-2,10-3)18-14-19(25)30-21(20(18)27)24(15-26,31-34(32)22(4,5)6)17-35(33)23(7,16-28)12-11-13-29-35/h14,31H,8-13,15,17H2,1-7H3/t23-,24-,34?,35?/m0/s1. The Hall–Kier alpha value is -0.583. The van der Waals surface area contributed by atoms with Crippen molar-refractivity contribution in [1.29, 1.82) is 5.26 Å². The van der Waals surface area contributed by atoms with Crippen molar-refractivity contribution in [1.82, 2.24) is 9.71 Å². The Morgan fingerprint density at radius 2 is 1.92 bits per heavy atom. The van der Waals surface area contributed by atoms with Gasteiger partial charge in [0.15, 0.2) is 0 Å². The highest BCUT2D eigenvalue weighted by Gasteiger charge is 2.52. The Labute approximate surface area is 228 Å². The fraction of sp³-hybridized carbons (Fsp3) is 0.750. The highest BCUT2D eigenvalue weighted by atomic mass is 79.9. The Bertz CT molecular complexity index is 1110. The number of halogens is 3. The van der Waals surface area contributed by atoms with Gasteiger partial charge >= 0.3 is 0 Å². The van der Waals surface area contributed by atoms with E-state index in [9.17, 15) is 14.0 Å². The Morgan fingerprint density at radius 3 is 2.39 bits per heavy atom. The summed E-state index contributed by atoms with van der Waals surface area (Å²) in [6.45, 7) is 11.8. The summed E-state index contributed by atoms with van der Waals surface area (Å²) < 4.78 is 64.8. The monoisotopic (exact) mass is 624 g/mol. The molecule has 1 aliphatic rings. The van der Waals surface area contributed by atoms with Crippen LogP contribution in [0.25, 0.3) is 0 Å². The topological polar surface area (TPSA) is 101 Å². The van der Waals surface area contributed by atoms with Gasteiger partial charge in [0.1, 0.15) is 37.8 Å². The van der Waals surface area contributed by atoms with Gasteiger partial charge in [0.05, 0.1) is 29.6 Å². The quantitative estimate of drug-likeness (QED) is 0.212. The number of hydrogen-bond donors (Lipinski definition) is 1. The summed E-state index contributed by atoms with van der Waals surface area (Å²) in [5.74, 6) is -1.16. The van der Waals surface area contributed by atoms with Crippen molar-refractivity contribution in [2.45, 2.75) is 94.5 Å². The zero-order valence-corrected chi connectivity index (χ0v) is 26.6. The van der Waals surface area contributed by atoms with E-state index < -0.39 is 62.4 Å². The van der Waals surface area contributed by atoms with Crippen molar-refractivity contribution in [2.24, 2.45) is 4.36 Å². The molecule has 0 radical (unpaired) electrons. The zero-order valence-electron chi connectivity index (χ0n) is 22.3. The van der Waals surface area contributed by atoms with Gasteiger partial charge in [0.25, 0.3) is 0 Å². The molecule has 0 bridgehead atoms. The van der Waals surface area contributed by atoms with Crippen LogP contribution in [-0.4, -0.2) is 50.3 Å². The second-order valence-corrected chi connectivity index (χ2v) is 21.5. The lowest BCUT2D eigenvalue weighted by atomic mass is 9.99. The maximum absolute atomic E-state index is 16.5. The predicted molar refractivity (Wildman–Crippen MR) is 151 cm³/mol. The van der Waals surface area contributed by atoms with Crippen LogP contribution in [0.1, 0.15) is 67.0 Å². The van der Waals surface area contributed by atoms with E-state index in [1.807, 2.05) is 20.8 Å². The number of nitrogens with zero attached hydrogens (tertiary/aromatic N) is 3. The van der Waals surface area contributed by atoms with Crippen LogP contribution in [0.15, 0.2) is 15.0 Å². The van der Waals surface area contributed by atoms with E-state index in [4.69, 9.17) is 0 Å². The number of nitrogens with one attached hydrogen (secondary N) is 1. The lowest BCUT2D eigenvalue weighted by Gasteiger charge is -2.40. The van der Waals surface area contributed by atoms with Crippen LogP contribution in [0.2, 0.25) is 18.1 Å². The molecule has 36 heavy (non-hydrogen) atoms. The Morgan fingerprint density at radius 1 is 1.33 bits per heavy atom. The van der Waals surface area contributed by atoms with E-state index in [-0.39, 0.29) is 12.2 Å². The highest BCUT2D eigenvalue weighted by molar-refractivity contribution is 9.10. The van der Waals surface area contributed by atoms with Crippen LogP contribution in [0, 0.1) is 17.1 Å². The second-order valence-electron chi connectivity index (χ2n) is 10.8. The van der Waals surface area contributed by atoms with Crippen molar-refractivity contribution in [3.05, 3.63) is 22.2 Å². The van der Waals surface area contributed by atoms with Crippen molar-refractivity contribution >= 4 is 50.3 Å².